The second-order valence-corrected chi connectivity index (χ2v) is 6.10. The van der Waals surface area contributed by atoms with Crippen molar-refractivity contribution in [2.45, 2.75) is 0 Å². The first-order valence-corrected chi connectivity index (χ1v) is 9.36. The first-order chi connectivity index (χ1) is 13.1. The Morgan fingerprint density at radius 3 is 1.59 bits per heavy atom. The first-order valence-electron chi connectivity index (χ1n) is 8.14. The Morgan fingerprint density at radius 1 is 0.778 bits per heavy atom. The van der Waals surface area contributed by atoms with Crippen LogP contribution in [0.2, 0.25) is 0 Å². The van der Waals surface area contributed by atoms with Gasteiger partial charge in [0.05, 0.1) is 0 Å². The van der Waals surface area contributed by atoms with Crippen LogP contribution in [0.3, 0.4) is 0 Å². The monoisotopic (exact) mass is 385 g/mol. The van der Waals surface area contributed by atoms with Gasteiger partial charge in [0.1, 0.15) is 18.0 Å². The summed E-state index contributed by atoms with van der Waals surface area (Å²) >= 11 is 0. The van der Waals surface area contributed by atoms with Gasteiger partial charge in [0.25, 0.3) is 0 Å². The third kappa shape index (κ3) is 8.61. The van der Waals surface area contributed by atoms with E-state index in [1.807, 2.05) is 66.7 Å². The third-order valence-electron chi connectivity index (χ3n) is 3.11. The molecular formula is C20H20NO5P. The topological polar surface area (TPSA) is 84.9 Å². The number of nitrogens with one attached hydrogen (secondary N) is 1. The van der Waals surface area contributed by atoms with Crippen molar-refractivity contribution < 1.29 is 23.5 Å². The minimum absolute atomic E-state index is 0.0377. The molecule has 0 fully saturated rings. The van der Waals surface area contributed by atoms with E-state index >= 15 is 0 Å². The highest BCUT2D eigenvalue weighted by Crippen LogP contribution is 2.29. The lowest BCUT2D eigenvalue weighted by Gasteiger charge is -2.07. The first kappa shape index (κ1) is 20.1. The van der Waals surface area contributed by atoms with Gasteiger partial charge in [0.15, 0.2) is 0 Å². The summed E-state index contributed by atoms with van der Waals surface area (Å²) in [6, 6.07) is 27.1. The Bertz CT molecular complexity index is 785. The van der Waals surface area contributed by atoms with E-state index in [4.69, 9.17) is 14.2 Å². The quantitative estimate of drug-likeness (QED) is 0.573. The van der Waals surface area contributed by atoms with Crippen molar-refractivity contribution in [2.75, 3.05) is 11.9 Å². The zero-order valence-corrected chi connectivity index (χ0v) is 15.4. The molecule has 0 unspecified atom stereocenters. The summed E-state index contributed by atoms with van der Waals surface area (Å²) in [5.74, 6) is 0.235. The number of aliphatic carboxylic acids is 1. The van der Waals surface area contributed by atoms with E-state index in [0.29, 0.717) is 11.5 Å². The highest BCUT2D eigenvalue weighted by atomic mass is 31.1. The van der Waals surface area contributed by atoms with E-state index in [-0.39, 0.29) is 6.54 Å². The maximum absolute atomic E-state index is 11.5. The number of hydrogen-bond donors (Lipinski definition) is 2. The predicted octanol–water partition coefficient (Wildman–Crippen LogP) is 4.72. The van der Waals surface area contributed by atoms with Crippen LogP contribution in [0.5, 0.6) is 11.5 Å². The average Bonchev–Trinajstić information content (AvgIpc) is 2.69. The normalized spacial score (nSPS) is 9.67. The fourth-order valence-electron chi connectivity index (χ4n) is 1.92. The molecule has 27 heavy (non-hydrogen) atoms. The zero-order chi connectivity index (χ0) is 19.3. The molecule has 2 N–H and O–H groups in total. The molecule has 3 aromatic rings. The standard InChI is InChI=1S/C12H11O3P.C8H9NO2/c13-16(14-11-7-3-1-4-8-11)15-12-9-5-2-6-10-12;10-8(11)6-9-7-4-2-1-3-5-7/h1-10,16H;1-5,9H,6H2,(H,10,11). The van der Waals surface area contributed by atoms with Crippen LogP contribution in [0, 0.1) is 0 Å². The van der Waals surface area contributed by atoms with Crippen LogP contribution in [-0.2, 0) is 9.36 Å². The van der Waals surface area contributed by atoms with Crippen molar-refractivity contribution in [2.24, 2.45) is 0 Å². The van der Waals surface area contributed by atoms with Gasteiger partial charge in [-0.2, -0.15) is 0 Å². The van der Waals surface area contributed by atoms with Crippen LogP contribution in [-0.4, -0.2) is 17.6 Å². The molecule has 0 bridgehead atoms. The van der Waals surface area contributed by atoms with Crippen LogP contribution in [0.25, 0.3) is 0 Å². The average molecular weight is 385 g/mol. The minimum Gasteiger partial charge on any atom is -0.480 e. The number of para-hydroxylation sites is 3. The summed E-state index contributed by atoms with van der Waals surface area (Å²) in [7, 11) is -2.54. The number of carboxylic acids is 1. The summed E-state index contributed by atoms with van der Waals surface area (Å²) in [5, 5.41) is 11.1. The number of carbonyl (C=O) groups is 1. The van der Waals surface area contributed by atoms with Crippen LogP contribution in [0.15, 0.2) is 91.0 Å². The van der Waals surface area contributed by atoms with Crippen LogP contribution in [0.4, 0.5) is 5.69 Å². The number of carboxylic acid groups (broad SMARTS) is 1. The van der Waals surface area contributed by atoms with E-state index in [2.05, 4.69) is 5.32 Å². The number of benzene rings is 3. The fourth-order valence-corrected chi connectivity index (χ4v) is 2.62. The summed E-state index contributed by atoms with van der Waals surface area (Å²) in [4.78, 5) is 10.1. The van der Waals surface area contributed by atoms with Crippen LogP contribution in [0.1, 0.15) is 0 Å². The fraction of sp³-hybridized carbons (Fsp3) is 0.0500. The van der Waals surface area contributed by atoms with Gasteiger partial charge < -0.3 is 19.5 Å². The van der Waals surface area contributed by atoms with Gasteiger partial charge in [-0.3, -0.25) is 4.79 Å². The lowest BCUT2D eigenvalue weighted by molar-refractivity contribution is -0.134. The molecule has 0 heterocycles. The molecule has 0 radical (unpaired) electrons. The highest BCUT2D eigenvalue weighted by molar-refractivity contribution is 7.34. The molecule has 0 amide bonds. The lowest BCUT2D eigenvalue weighted by atomic mass is 10.3. The van der Waals surface area contributed by atoms with Gasteiger partial charge >= 0.3 is 14.2 Å². The molecule has 7 heteroatoms. The Kier molecular flexibility index (Phi) is 8.47. The SMILES string of the molecule is O=C(O)CNc1ccccc1.O=[PH](Oc1ccccc1)Oc1ccccc1. The van der Waals surface area contributed by atoms with E-state index < -0.39 is 14.2 Å². The van der Waals surface area contributed by atoms with E-state index in [0.717, 1.165) is 5.69 Å². The molecule has 0 aliphatic carbocycles. The molecule has 0 spiro atoms. The summed E-state index contributed by atoms with van der Waals surface area (Å²) in [6.45, 7) is -0.0377. The van der Waals surface area contributed by atoms with E-state index in [9.17, 15) is 9.36 Å². The van der Waals surface area contributed by atoms with Gasteiger partial charge in [-0.25, -0.2) is 4.57 Å². The Hall–Kier alpha value is -3.24. The molecular weight excluding hydrogens is 365 g/mol. The van der Waals surface area contributed by atoms with Crippen molar-refractivity contribution in [3.05, 3.63) is 91.0 Å². The van der Waals surface area contributed by atoms with Crippen molar-refractivity contribution in [1.82, 2.24) is 0 Å². The number of anilines is 1. The maximum atomic E-state index is 11.5. The van der Waals surface area contributed by atoms with Crippen molar-refractivity contribution >= 4 is 19.9 Å². The molecule has 0 saturated heterocycles. The van der Waals surface area contributed by atoms with Gasteiger partial charge in [0.2, 0.25) is 0 Å². The minimum atomic E-state index is -2.54. The van der Waals surface area contributed by atoms with Gasteiger partial charge in [-0.1, -0.05) is 54.6 Å². The van der Waals surface area contributed by atoms with E-state index in [1.165, 1.54) is 0 Å². The largest absolute Gasteiger partial charge is 0.480 e. The maximum Gasteiger partial charge on any atom is 0.418 e. The molecule has 6 nitrogen and oxygen atoms in total. The molecule has 0 aliphatic rings. The number of hydrogen-bond acceptors (Lipinski definition) is 5. The molecule has 3 aromatic carbocycles. The van der Waals surface area contributed by atoms with Crippen LogP contribution >= 0.6 is 8.25 Å². The van der Waals surface area contributed by atoms with Crippen molar-refractivity contribution in [1.29, 1.82) is 0 Å². The van der Waals surface area contributed by atoms with Crippen molar-refractivity contribution in [3.63, 3.8) is 0 Å². The summed E-state index contributed by atoms with van der Waals surface area (Å²) in [6.07, 6.45) is 0. The lowest BCUT2D eigenvalue weighted by Crippen LogP contribution is -2.11. The molecule has 140 valence electrons. The Labute approximate surface area is 158 Å². The molecule has 0 atom stereocenters. The summed E-state index contributed by atoms with van der Waals surface area (Å²) < 4.78 is 21.8. The second kappa shape index (κ2) is 11.4. The molecule has 0 saturated carbocycles. The van der Waals surface area contributed by atoms with Gasteiger partial charge in [0, 0.05) is 5.69 Å². The third-order valence-corrected chi connectivity index (χ3v) is 3.91. The smallest absolute Gasteiger partial charge is 0.418 e. The zero-order valence-electron chi connectivity index (χ0n) is 14.4. The Balaban J connectivity index is 0.000000208. The van der Waals surface area contributed by atoms with Gasteiger partial charge in [-0.05, 0) is 36.4 Å². The second-order valence-electron chi connectivity index (χ2n) is 5.19. The van der Waals surface area contributed by atoms with E-state index in [1.54, 1.807) is 24.3 Å². The number of rotatable bonds is 7. The molecule has 0 aliphatic heterocycles. The highest BCUT2D eigenvalue weighted by Gasteiger charge is 2.02. The summed E-state index contributed by atoms with van der Waals surface area (Å²) in [5.41, 5.74) is 0.829. The molecule has 3 rings (SSSR count). The van der Waals surface area contributed by atoms with Crippen LogP contribution < -0.4 is 14.4 Å². The molecule has 0 aromatic heterocycles. The van der Waals surface area contributed by atoms with Gasteiger partial charge in [-0.15, -0.1) is 0 Å². The predicted molar refractivity (Wildman–Crippen MR) is 106 cm³/mol. The van der Waals surface area contributed by atoms with Crippen molar-refractivity contribution in [3.8, 4) is 11.5 Å². The Morgan fingerprint density at radius 2 is 1.19 bits per heavy atom.